The summed E-state index contributed by atoms with van der Waals surface area (Å²) in [5.41, 5.74) is 4.23. The molecule has 1 unspecified atom stereocenters. The first kappa shape index (κ1) is 16.3. The molecule has 110 valence electrons. The maximum absolute atomic E-state index is 6.13. The van der Waals surface area contributed by atoms with Crippen LogP contribution < -0.4 is 5.43 Å². The van der Waals surface area contributed by atoms with Gasteiger partial charge in [0, 0.05) is 10.0 Å². The third kappa shape index (κ3) is 4.45. The molecule has 1 aromatic carbocycles. The number of benzene rings is 1. The van der Waals surface area contributed by atoms with Crippen LogP contribution in [0.4, 0.5) is 0 Å². The third-order valence-corrected chi connectivity index (χ3v) is 3.63. The maximum atomic E-state index is 6.13. The summed E-state index contributed by atoms with van der Waals surface area (Å²) >= 11 is 23.5. The van der Waals surface area contributed by atoms with Gasteiger partial charge in [0.15, 0.2) is 5.15 Å². The number of rotatable bonds is 4. The topological polar surface area (TPSA) is 50.2 Å². The molecule has 1 heterocycles. The van der Waals surface area contributed by atoms with Gasteiger partial charge in [0.1, 0.15) is 10.8 Å². The first-order valence-corrected chi connectivity index (χ1v) is 7.40. The summed E-state index contributed by atoms with van der Waals surface area (Å²) in [6, 6.07) is 5.19. The molecule has 4 nitrogen and oxygen atoms in total. The maximum Gasteiger partial charge on any atom is 0.158 e. The molecule has 0 aliphatic carbocycles. The predicted molar refractivity (Wildman–Crippen MR) is 87.7 cm³/mol. The Kier molecular flexibility index (Phi) is 5.65. The van der Waals surface area contributed by atoms with Gasteiger partial charge in [-0.15, -0.1) is 0 Å². The molecule has 0 saturated heterocycles. The van der Waals surface area contributed by atoms with Crippen molar-refractivity contribution in [3.63, 3.8) is 0 Å². The molecule has 0 spiro atoms. The second-order valence-electron chi connectivity index (χ2n) is 4.14. The van der Waals surface area contributed by atoms with Crippen molar-refractivity contribution in [2.24, 2.45) is 5.10 Å². The van der Waals surface area contributed by atoms with Gasteiger partial charge in [0.2, 0.25) is 0 Å². The van der Waals surface area contributed by atoms with Crippen molar-refractivity contribution in [2.75, 3.05) is 0 Å². The van der Waals surface area contributed by atoms with Crippen LogP contribution >= 0.6 is 46.4 Å². The molecule has 8 heteroatoms. The zero-order valence-corrected chi connectivity index (χ0v) is 13.8. The molecule has 0 aliphatic heterocycles. The van der Waals surface area contributed by atoms with E-state index in [1.165, 1.54) is 12.4 Å². The molecule has 2 rings (SSSR count). The van der Waals surface area contributed by atoms with Crippen LogP contribution in [0.5, 0.6) is 0 Å². The van der Waals surface area contributed by atoms with E-state index in [9.17, 15) is 0 Å². The summed E-state index contributed by atoms with van der Waals surface area (Å²) in [5, 5.41) is 5.65. The number of nitrogens with zero attached hydrogens (tertiary/aromatic N) is 3. The average Bonchev–Trinajstić information content (AvgIpc) is 2.41. The molecule has 1 atom stereocenters. The minimum absolute atomic E-state index is 0.106. The van der Waals surface area contributed by atoms with E-state index >= 15 is 0 Å². The highest BCUT2D eigenvalue weighted by Crippen LogP contribution is 2.26. The van der Waals surface area contributed by atoms with Crippen molar-refractivity contribution in [3.8, 4) is 0 Å². The SMILES string of the molecule is CC(NN=Cc1ncc(Cl)nc1Cl)c1ccc(Cl)cc1Cl. The molecule has 1 aromatic heterocycles. The lowest BCUT2D eigenvalue weighted by Gasteiger charge is -2.13. The number of aromatic nitrogens is 2. The highest BCUT2D eigenvalue weighted by molar-refractivity contribution is 6.35. The Morgan fingerprint density at radius 2 is 2.00 bits per heavy atom. The summed E-state index contributed by atoms with van der Waals surface area (Å²) in [7, 11) is 0. The van der Waals surface area contributed by atoms with Crippen LogP contribution in [0.25, 0.3) is 0 Å². The largest absolute Gasteiger partial charge is 0.303 e. The zero-order chi connectivity index (χ0) is 15.4. The van der Waals surface area contributed by atoms with E-state index < -0.39 is 0 Å². The fourth-order valence-electron chi connectivity index (χ4n) is 1.58. The second-order valence-corrected chi connectivity index (χ2v) is 5.73. The van der Waals surface area contributed by atoms with Crippen LogP contribution in [0.3, 0.4) is 0 Å². The Hall–Kier alpha value is -1.07. The van der Waals surface area contributed by atoms with E-state index in [0.29, 0.717) is 15.7 Å². The van der Waals surface area contributed by atoms with Crippen LogP contribution in [-0.2, 0) is 0 Å². The van der Waals surface area contributed by atoms with E-state index in [1.54, 1.807) is 12.1 Å². The molecule has 0 saturated carbocycles. The van der Waals surface area contributed by atoms with Gasteiger partial charge >= 0.3 is 0 Å². The van der Waals surface area contributed by atoms with Crippen molar-refractivity contribution in [1.29, 1.82) is 0 Å². The number of nitrogens with one attached hydrogen (secondary N) is 1. The van der Waals surface area contributed by atoms with E-state index in [4.69, 9.17) is 46.4 Å². The number of hydrogen-bond donors (Lipinski definition) is 1. The van der Waals surface area contributed by atoms with Gasteiger partial charge in [-0.2, -0.15) is 5.10 Å². The molecule has 0 radical (unpaired) electrons. The summed E-state index contributed by atoms with van der Waals surface area (Å²) in [5.74, 6) is 0. The highest BCUT2D eigenvalue weighted by Gasteiger charge is 2.09. The Bertz CT molecular complexity index is 675. The van der Waals surface area contributed by atoms with Crippen LogP contribution in [0.2, 0.25) is 20.4 Å². The van der Waals surface area contributed by atoms with Crippen molar-refractivity contribution in [3.05, 3.63) is 56.0 Å². The normalized spacial score (nSPS) is 12.6. The smallest absolute Gasteiger partial charge is 0.158 e. The average molecular weight is 364 g/mol. The molecular weight excluding hydrogens is 354 g/mol. The molecule has 21 heavy (non-hydrogen) atoms. The van der Waals surface area contributed by atoms with Crippen LogP contribution in [0.15, 0.2) is 29.5 Å². The van der Waals surface area contributed by atoms with Gasteiger partial charge < -0.3 is 5.43 Å². The van der Waals surface area contributed by atoms with E-state index in [0.717, 1.165) is 5.56 Å². The van der Waals surface area contributed by atoms with Crippen molar-refractivity contribution >= 4 is 52.6 Å². The molecule has 1 N–H and O–H groups in total. The van der Waals surface area contributed by atoms with Crippen molar-refractivity contribution in [1.82, 2.24) is 15.4 Å². The lowest BCUT2D eigenvalue weighted by molar-refractivity contribution is 0.608. The summed E-state index contributed by atoms with van der Waals surface area (Å²) in [6.07, 6.45) is 2.86. The van der Waals surface area contributed by atoms with Gasteiger partial charge in [-0.25, -0.2) is 9.97 Å². The van der Waals surface area contributed by atoms with E-state index in [2.05, 4.69) is 20.5 Å². The quantitative estimate of drug-likeness (QED) is 0.628. The first-order chi connectivity index (χ1) is 9.97. The fourth-order valence-corrected chi connectivity index (χ4v) is 2.51. The number of halogens is 4. The van der Waals surface area contributed by atoms with Gasteiger partial charge in [-0.3, -0.25) is 0 Å². The lowest BCUT2D eigenvalue weighted by atomic mass is 10.1. The van der Waals surface area contributed by atoms with Crippen molar-refractivity contribution in [2.45, 2.75) is 13.0 Å². The molecular formula is C13H10Cl4N4. The zero-order valence-electron chi connectivity index (χ0n) is 10.8. The van der Waals surface area contributed by atoms with Gasteiger partial charge in [0.05, 0.1) is 18.5 Å². The second kappa shape index (κ2) is 7.27. The van der Waals surface area contributed by atoms with Gasteiger partial charge in [-0.05, 0) is 24.6 Å². The number of hydrogen-bond acceptors (Lipinski definition) is 4. The summed E-state index contributed by atoms with van der Waals surface area (Å²) < 4.78 is 0. The molecule has 2 aromatic rings. The first-order valence-electron chi connectivity index (χ1n) is 5.89. The minimum atomic E-state index is -0.106. The van der Waals surface area contributed by atoms with Crippen molar-refractivity contribution < 1.29 is 0 Å². The minimum Gasteiger partial charge on any atom is -0.303 e. The Balaban J connectivity index is 2.06. The molecule has 0 bridgehead atoms. The van der Waals surface area contributed by atoms with E-state index in [1.807, 2.05) is 13.0 Å². The highest BCUT2D eigenvalue weighted by atomic mass is 35.5. The van der Waals surface area contributed by atoms with E-state index in [-0.39, 0.29) is 16.3 Å². The number of hydrazone groups is 1. The third-order valence-electron chi connectivity index (χ3n) is 2.61. The van der Waals surface area contributed by atoms with Crippen LogP contribution in [-0.4, -0.2) is 16.2 Å². The monoisotopic (exact) mass is 362 g/mol. The summed E-state index contributed by atoms with van der Waals surface area (Å²) in [6.45, 7) is 1.92. The van der Waals surface area contributed by atoms with Crippen LogP contribution in [0, 0.1) is 0 Å². The standard InChI is InChI=1S/C13H10Cl4N4/c1-7(9-3-2-8(14)4-10(9)15)21-19-5-11-13(17)20-12(16)6-18-11/h2-7,21H,1H3. The molecule has 0 aliphatic rings. The molecule has 0 fully saturated rings. The Morgan fingerprint density at radius 1 is 1.24 bits per heavy atom. The van der Waals surface area contributed by atoms with Crippen LogP contribution in [0.1, 0.15) is 24.2 Å². The summed E-state index contributed by atoms with van der Waals surface area (Å²) in [4.78, 5) is 7.88. The Morgan fingerprint density at radius 3 is 2.67 bits per heavy atom. The predicted octanol–water partition coefficient (Wildman–Crippen LogP) is 4.77. The van der Waals surface area contributed by atoms with Gasteiger partial charge in [0.25, 0.3) is 0 Å². The molecule has 0 amide bonds. The Labute approximate surface area is 142 Å². The lowest BCUT2D eigenvalue weighted by Crippen LogP contribution is -2.13. The van der Waals surface area contributed by atoms with Gasteiger partial charge in [-0.1, -0.05) is 52.5 Å². The fraction of sp³-hybridized carbons (Fsp3) is 0.154.